The molecule has 0 unspecified atom stereocenters. The van der Waals surface area contributed by atoms with E-state index in [9.17, 15) is 0 Å². The van der Waals surface area contributed by atoms with Crippen LogP contribution in [0.1, 0.15) is 17.7 Å². The topological polar surface area (TPSA) is 49.4 Å². The molecule has 0 saturated heterocycles. The second kappa shape index (κ2) is 7.37. The van der Waals surface area contributed by atoms with Gasteiger partial charge in [-0.25, -0.2) is 0 Å². The summed E-state index contributed by atoms with van der Waals surface area (Å²) >= 11 is 0. The maximum absolute atomic E-state index is 8.81. The van der Waals surface area contributed by atoms with E-state index >= 15 is 0 Å². The van der Waals surface area contributed by atoms with Gasteiger partial charge in [0.25, 0.3) is 0 Å². The van der Waals surface area contributed by atoms with E-state index in [0.29, 0.717) is 12.2 Å². The van der Waals surface area contributed by atoms with E-state index in [0.717, 1.165) is 31.0 Å². The lowest BCUT2D eigenvalue weighted by Gasteiger charge is -2.15. The zero-order valence-electron chi connectivity index (χ0n) is 11.6. The summed E-state index contributed by atoms with van der Waals surface area (Å²) in [6.07, 6.45) is 2.61. The number of hydrogen-bond donors (Lipinski definition) is 0. The minimum Gasteiger partial charge on any atom is -0.494 e. The van der Waals surface area contributed by atoms with Gasteiger partial charge in [0.1, 0.15) is 11.5 Å². The Labute approximate surface area is 119 Å². The SMILES string of the molecule is CN(CCCOc1cccc(C#N)c1)Cc1ccco1. The van der Waals surface area contributed by atoms with Crippen LogP contribution in [0.25, 0.3) is 0 Å². The largest absolute Gasteiger partial charge is 0.494 e. The predicted molar refractivity (Wildman–Crippen MR) is 76.3 cm³/mol. The van der Waals surface area contributed by atoms with Crippen LogP contribution in [0, 0.1) is 11.3 Å². The van der Waals surface area contributed by atoms with Gasteiger partial charge in [0.15, 0.2) is 0 Å². The van der Waals surface area contributed by atoms with Gasteiger partial charge in [0.2, 0.25) is 0 Å². The van der Waals surface area contributed by atoms with Crippen LogP contribution >= 0.6 is 0 Å². The van der Waals surface area contributed by atoms with Crippen molar-refractivity contribution < 1.29 is 9.15 Å². The van der Waals surface area contributed by atoms with Gasteiger partial charge in [0, 0.05) is 6.54 Å². The molecule has 0 aliphatic rings. The molecule has 0 spiro atoms. The third-order valence-electron chi connectivity index (χ3n) is 2.92. The second-order valence-electron chi connectivity index (χ2n) is 4.66. The number of nitriles is 1. The van der Waals surface area contributed by atoms with E-state index in [4.69, 9.17) is 14.4 Å². The van der Waals surface area contributed by atoms with Crippen LogP contribution in [0.5, 0.6) is 5.75 Å². The first-order valence-electron chi connectivity index (χ1n) is 6.62. The molecule has 0 atom stereocenters. The highest BCUT2D eigenvalue weighted by atomic mass is 16.5. The minimum atomic E-state index is 0.623. The number of hydrogen-bond acceptors (Lipinski definition) is 4. The van der Waals surface area contributed by atoms with Crippen LogP contribution < -0.4 is 4.74 Å². The zero-order chi connectivity index (χ0) is 14.2. The smallest absolute Gasteiger partial charge is 0.120 e. The molecule has 0 aliphatic heterocycles. The van der Waals surface area contributed by atoms with Gasteiger partial charge >= 0.3 is 0 Å². The summed E-state index contributed by atoms with van der Waals surface area (Å²) in [6.45, 7) is 2.37. The van der Waals surface area contributed by atoms with Crippen molar-refractivity contribution in [2.45, 2.75) is 13.0 Å². The lowest BCUT2D eigenvalue weighted by atomic mass is 10.2. The molecule has 0 amide bonds. The highest BCUT2D eigenvalue weighted by molar-refractivity contribution is 5.36. The first kappa shape index (κ1) is 14.2. The second-order valence-corrected chi connectivity index (χ2v) is 4.66. The molecule has 20 heavy (non-hydrogen) atoms. The van der Waals surface area contributed by atoms with Crippen LogP contribution in [-0.4, -0.2) is 25.1 Å². The molecule has 2 rings (SSSR count). The Morgan fingerprint density at radius 2 is 2.20 bits per heavy atom. The average molecular weight is 270 g/mol. The average Bonchev–Trinajstić information content (AvgIpc) is 2.97. The molecule has 0 fully saturated rings. The normalized spacial score (nSPS) is 10.4. The third kappa shape index (κ3) is 4.45. The molecule has 0 N–H and O–H groups in total. The van der Waals surface area contributed by atoms with Gasteiger partial charge in [-0.3, -0.25) is 4.90 Å². The molecule has 4 nitrogen and oxygen atoms in total. The van der Waals surface area contributed by atoms with Gasteiger partial charge in [-0.15, -0.1) is 0 Å². The quantitative estimate of drug-likeness (QED) is 0.726. The van der Waals surface area contributed by atoms with Gasteiger partial charge < -0.3 is 9.15 Å². The van der Waals surface area contributed by atoms with E-state index in [1.165, 1.54) is 0 Å². The Hall–Kier alpha value is -2.25. The summed E-state index contributed by atoms with van der Waals surface area (Å²) in [5, 5.41) is 8.81. The minimum absolute atomic E-state index is 0.623. The maximum Gasteiger partial charge on any atom is 0.120 e. The Bertz CT molecular complexity index is 558. The Kier molecular flexibility index (Phi) is 5.22. The monoisotopic (exact) mass is 270 g/mol. The van der Waals surface area contributed by atoms with E-state index in [2.05, 4.69) is 18.0 Å². The molecule has 0 aliphatic carbocycles. The standard InChI is InChI=1S/C16H18N2O2/c1-18(13-16-7-3-9-20-16)8-4-10-19-15-6-2-5-14(11-15)12-17/h2-3,5-7,9,11H,4,8,10,13H2,1H3. The fourth-order valence-electron chi connectivity index (χ4n) is 1.93. The summed E-state index contributed by atoms with van der Waals surface area (Å²) in [7, 11) is 2.05. The molecular formula is C16H18N2O2. The first-order valence-corrected chi connectivity index (χ1v) is 6.62. The van der Waals surface area contributed by atoms with Crippen molar-refractivity contribution in [2.24, 2.45) is 0 Å². The first-order chi connectivity index (χ1) is 9.78. The Morgan fingerprint density at radius 3 is 2.95 bits per heavy atom. The number of ether oxygens (including phenoxy) is 1. The van der Waals surface area contributed by atoms with Crippen molar-refractivity contribution in [1.82, 2.24) is 4.90 Å². The van der Waals surface area contributed by atoms with Crippen molar-refractivity contribution >= 4 is 0 Å². The lowest BCUT2D eigenvalue weighted by Crippen LogP contribution is -2.20. The summed E-state index contributed by atoms with van der Waals surface area (Å²) in [4.78, 5) is 2.19. The molecule has 0 radical (unpaired) electrons. The van der Waals surface area contributed by atoms with Crippen LogP contribution in [0.4, 0.5) is 0 Å². The van der Waals surface area contributed by atoms with Crippen molar-refractivity contribution in [2.75, 3.05) is 20.2 Å². The number of rotatable bonds is 7. The van der Waals surface area contributed by atoms with Gasteiger partial charge in [-0.05, 0) is 43.8 Å². The highest BCUT2D eigenvalue weighted by Crippen LogP contribution is 2.12. The summed E-state index contributed by atoms with van der Waals surface area (Å²) in [5.74, 6) is 1.72. The molecule has 1 aromatic carbocycles. The fraction of sp³-hybridized carbons (Fsp3) is 0.312. The summed E-state index contributed by atoms with van der Waals surface area (Å²) in [6, 6.07) is 13.2. The van der Waals surface area contributed by atoms with Gasteiger partial charge in [-0.1, -0.05) is 6.07 Å². The highest BCUT2D eigenvalue weighted by Gasteiger charge is 2.02. The van der Waals surface area contributed by atoms with Crippen molar-refractivity contribution in [3.8, 4) is 11.8 Å². The molecule has 1 heterocycles. The Balaban J connectivity index is 1.67. The molecule has 1 aromatic heterocycles. The van der Waals surface area contributed by atoms with Crippen LogP contribution in [-0.2, 0) is 6.54 Å². The van der Waals surface area contributed by atoms with E-state index in [1.54, 1.807) is 18.4 Å². The van der Waals surface area contributed by atoms with E-state index in [1.807, 2.05) is 24.3 Å². The molecule has 104 valence electrons. The Morgan fingerprint density at radius 1 is 1.30 bits per heavy atom. The number of benzene rings is 1. The number of nitrogens with zero attached hydrogens (tertiary/aromatic N) is 2. The van der Waals surface area contributed by atoms with Crippen molar-refractivity contribution in [1.29, 1.82) is 5.26 Å². The van der Waals surface area contributed by atoms with Gasteiger partial charge in [-0.2, -0.15) is 5.26 Å². The van der Waals surface area contributed by atoms with E-state index < -0.39 is 0 Å². The lowest BCUT2D eigenvalue weighted by molar-refractivity contribution is 0.247. The number of furan rings is 1. The van der Waals surface area contributed by atoms with Crippen LogP contribution in [0.2, 0.25) is 0 Å². The van der Waals surface area contributed by atoms with Crippen LogP contribution in [0.15, 0.2) is 47.1 Å². The predicted octanol–water partition coefficient (Wildman–Crippen LogP) is 3.05. The maximum atomic E-state index is 8.81. The van der Waals surface area contributed by atoms with Crippen LogP contribution in [0.3, 0.4) is 0 Å². The van der Waals surface area contributed by atoms with Gasteiger partial charge in [0.05, 0.1) is 31.0 Å². The molecule has 0 saturated carbocycles. The zero-order valence-corrected chi connectivity index (χ0v) is 11.6. The summed E-state index contributed by atoms with van der Waals surface area (Å²) < 4.78 is 10.9. The van der Waals surface area contributed by atoms with E-state index in [-0.39, 0.29) is 0 Å². The molecule has 4 heteroatoms. The van der Waals surface area contributed by atoms with Crippen molar-refractivity contribution in [3.05, 3.63) is 54.0 Å². The third-order valence-corrected chi connectivity index (χ3v) is 2.92. The molecular weight excluding hydrogens is 252 g/mol. The molecule has 2 aromatic rings. The fourth-order valence-corrected chi connectivity index (χ4v) is 1.93. The summed E-state index contributed by atoms with van der Waals surface area (Å²) in [5.41, 5.74) is 0.623. The molecule has 0 bridgehead atoms. The van der Waals surface area contributed by atoms with Crippen molar-refractivity contribution in [3.63, 3.8) is 0 Å².